The lowest BCUT2D eigenvalue weighted by atomic mass is 9.99. The second-order valence-electron chi connectivity index (χ2n) is 4.15. The van der Waals surface area contributed by atoms with Crippen molar-refractivity contribution >= 4 is 17.4 Å². The largest absolute Gasteiger partial charge is 0.289 e. The molecule has 0 aromatic heterocycles. The van der Waals surface area contributed by atoms with Crippen LogP contribution in [0.4, 0.5) is 0 Å². The Morgan fingerprint density at radius 2 is 1.69 bits per heavy atom. The van der Waals surface area contributed by atoms with Crippen molar-refractivity contribution in [2.75, 3.05) is 0 Å². The molecule has 0 spiro atoms. The van der Waals surface area contributed by atoms with E-state index in [0.717, 1.165) is 5.56 Å². The van der Waals surface area contributed by atoms with Gasteiger partial charge in [0.25, 0.3) is 11.8 Å². The molecule has 1 aliphatic rings. The van der Waals surface area contributed by atoms with E-state index in [2.05, 4.69) is 19.2 Å². The van der Waals surface area contributed by atoms with Gasteiger partial charge in [0.2, 0.25) is 0 Å². The predicted molar refractivity (Wildman–Crippen MR) is 61.7 cm³/mol. The predicted octanol–water partition coefficient (Wildman–Crippen LogP) is 1.85. The molecule has 16 heavy (non-hydrogen) atoms. The van der Waals surface area contributed by atoms with Gasteiger partial charge >= 0.3 is 0 Å². The number of hydrogen-bond donors (Lipinski definition) is 1. The summed E-state index contributed by atoms with van der Waals surface area (Å²) >= 11 is 0. The Morgan fingerprint density at radius 3 is 2.12 bits per heavy atom. The van der Waals surface area contributed by atoms with Gasteiger partial charge in [0, 0.05) is 6.08 Å². The van der Waals surface area contributed by atoms with Gasteiger partial charge in [0.1, 0.15) is 0 Å². The zero-order valence-electron chi connectivity index (χ0n) is 9.28. The average molecular weight is 215 g/mol. The van der Waals surface area contributed by atoms with Crippen molar-refractivity contribution in [2.45, 2.75) is 19.8 Å². The molecule has 3 heteroatoms. The molecule has 0 saturated heterocycles. The van der Waals surface area contributed by atoms with E-state index in [0.29, 0.717) is 11.5 Å². The third-order valence-corrected chi connectivity index (χ3v) is 2.65. The summed E-state index contributed by atoms with van der Waals surface area (Å²) < 4.78 is 0. The number of rotatable bonds is 2. The third kappa shape index (κ3) is 1.89. The first-order chi connectivity index (χ1) is 7.58. The van der Waals surface area contributed by atoms with Crippen LogP contribution < -0.4 is 5.32 Å². The van der Waals surface area contributed by atoms with E-state index in [4.69, 9.17) is 0 Å². The van der Waals surface area contributed by atoms with Crippen LogP contribution in [0.15, 0.2) is 30.3 Å². The highest BCUT2D eigenvalue weighted by Crippen LogP contribution is 2.21. The van der Waals surface area contributed by atoms with Crippen molar-refractivity contribution in [2.24, 2.45) is 0 Å². The summed E-state index contributed by atoms with van der Waals surface area (Å²) in [7, 11) is 0. The zero-order chi connectivity index (χ0) is 11.7. The van der Waals surface area contributed by atoms with Gasteiger partial charge in [-0.15, -0.1) is 0 Å². The molecule has 1 aromatic carbocycles. The zero-order valence-corrected chi connectivity index (χ0v) is 9.28. The molecule has 0 atom stereocenters. The summed E-state index contributed by atoms with van der Waals surface area (Å²) in [4.78, 5) is 22.4. The van der Waals surface area contributed by atoms with Crippen LogP contribution in [0.5, 0.6) is 0 Å². The summed E-state index contributed by atoms with van der Waals surface area (Å²) in [6.07, 6.45) is 1.34. The van der Waals surface area contributed by atoms with Crippen molar-refractivity contribution in [3.05, 3.63) is 41.5 Å². The smallest absolute Gasteiger partial charge is 0.258 e. The number of nitrogens with one attached hydrogen (secondary N) is 1. The first-order valence-electron chi connectivity index (χ1n) is 5.25. The number of imide groups is 1. The first kappa shape index (κ1) is 10.6. The van der Waals surface area contributed by atoms with E-state index >= 15 is 0 Å². The second kappa shape index (κ2) is 3.93. The molecule has 2 rings (SSSR count). The molecule has 0 aliphatic carbocycles. The lowest BCUT2D eigenvalue weighted by Crippen LogP contribution is -2.21. The van der Waals surface area contributed by atoms with E-state index in [-0.39, 0.29) is 11.8 Å². The SMILES string of the molecule is CC(C)c1ccc(C2=CC(=O)NC2=O)cc1. The van der Waals surface area contributed by atoms with E-state index in [1.807, 2.05) is 24.3 Å². The van der Waals surface area contributed by atoms with Crippen LogP contribution in [0.25, 0.3) is 5.57 Å². The molecule has 3 nitrogen and oxygen atoms in total. The lowest BCUT2D eigenvalue weighted by molar-refractivity contribution is -0.123. The van der Waals surface area contributed by atoms with Gasteiger partial charge in [-0.05, 0) is 17.0 Å². The highest BCUT2D eigenvalue weighted by atomic mass is 16.2. The van der Waals surface area contributed by atoms with Crippen LogP contribution in [0.3, 0.4) is 0 Å². The first-order valence-corrected chi connectivity index (χ1v) is 5.25. The topological polar surface area (TPSA) is 46.2 Å². The van der Waals surface area contributed by atoms with Crippen LogP contribution in [0.1, 0.15) is 30.9 Å². The number of hydrogen-bond acceptors (Lipinski definition) is 2. The molecule has 0 fully saturated rings. The van der Waals surface area contributed by atoms with Gasteiger partial charge in [0.05, 0.1) is 5.57 Å². The van der Waals surface area contributed by atoms with Gasteiger partial charge in [-0.3, -0.25) is 14.9 Å². The number of carbonyl (C=O) groups excluding carboxylic acids is 2. The number of carbonyl (C=O) groups is 2. The van der Waals surface area contributed by atoms with Gasteiger partial charge in [-0.25, -0.2) is 0 Å². The molecule has 0 radical (unpaired) electrons. The van der Waals surface area contributed by atoms with E-state index in [1.165, 1.54) is 11.6 Å². The fraction of sp³-hybridized carbons (Fsp3) is 0.231. The molecule has 0 bridgehead atoms. The van der Waals surface area contributed by atoms with E-state index < -0.39 is 0 Å². The highest BCUT2D eigenvalue weighted by molar-refractivity contribution is 6.33. The van der Waals surface area contributed by atoms with Crippen LogP contribution in [0.2, 0.25) is 0 Å². The van der Waals surface area contributed by atoms with Gasteiger partial charge in [-0.2, -0.15) is 0 Å². The Hall–Kier alpha value is -1.90. The highest BCUT2D eigenvalue weighted by Gasteiger charge is 2.21. The third-order valence-electron chi connectivity index (χ3n) is 2.65. The monoisotopic (exact) mass is 215 g/mol. The molecule has 1 heterocycles. The second-order valence-corrected chi connectivity index (χ2v) is 4.15. The van der Waals surface area contributed by atoms with Gasteiger partial charge < -0.3 is 0 Å². The molecule has 1 N–H and O–H groups in total. The minimum Gasteiger partial charge on any atom is -0.289 e. The molecule has 0 unspecified atom stereocenters. The summed E-state index contributed by atoms with van der Waals surface area (Å²) in [6.45, 7) is 4.22. The van der Waals surface area contributed by atoms with E-state index in [9.17, 15) is 9.59 Å². The number of benzene rings is 1. The molecule has 1 aliphatic heterocycles. The molecule has 1 aromatic rings. The summed E-state index contributed by atoms with van der Waals surface area (Å²) in [5.41, 5.74) is 2.45. The lowest BCUT2D eigenvalue weighted by Gasteiger charge is -2.06. The van der Waals surface area contributed by atoms with Crippen LogP contribution in [-0.2, 0) is 9.59 Å². The molecule has 2 amide bonds. The van der Waals surface area contributed by atoms with Crippen LogP contribution in [0, 0.1) is 0 Å². The van der Waals surface area contributed by atoms with Gasteiger partial charge in [0.15, 0.2) is 0 Å². The standard InChI is InChI=1S/C13H13NO2/c1-8(2)9-3-5-10(6-4-9)11-7-12(15)14-13(11)16/h3-8H,1-2H3,(H,14,15,16). The van der Waals surface area contributed by atoms with Crippen molar-refractivity contribution in [3.8, 4) is 0 Å². The number of amides is 2. The fourth-order valence-corrected chi connectivity index (χ4v) is 1.67. The van der Waals surface area contributed by atoms with Crippen molar-refractivity contribution < 1.29 is 9.59 Å². The summed E-state index contributed by atoms with van der Waals surface area (Å²) in [6, 6.07) is 7.71. The van der Waals surface area contributed by atoms with Crippen molar-refractivity contribution in [1.29, 1.82) is 0 Å². The molecular weight excluding hydrogens is 202 g/mol. The Labute approximate surface area is 94.2 Å². The maximum atomic E-state index is 11.4. The molecule has 82 valence electrons. The Balaban J connectivity index is 2.32. The molecular formula is C13H13NO2. The fourth-order valence-electron chi connectivity index (χ4n) is 1.67. The molecule has 0 saturated carbocycles. The maximum Gasteiger partial charge on any atom is 0.258 e. The summed E-state index contributed by atoms with van der Waals surface area (Å²) in [5, 5.41) is 2.23. The Morgan fingerprint density at radius 1 is 1.06 bits per heavy atom. The Kier molecular flexibility index (Phi) is 2.60. The quantitative estimate of drug-likeness (QED) is 0.765. The minimum atomic E-state index is -0.340. The van der Waals surface area contributed by atoms with Gasteiger partial charge in [-0.1, -0.05) is 38.1 Å². The summed E-state index contributed by atoms with van der Waals surface area (Å²) in [5.74, 6) is -0.197. The van der Waals surface area contributed by atoms with Crippen molar-refractivity contribution in [1.82, 2.24) is 5.32 Å². The normalized spacial score (nSPS) is 15.3. The van der Waals surface area contributed by atoms with Crippen LogP contribution in [-0.4, -0.2) is 11.8 Å². The van der Waals surface area contributed by atoms with E-state index in [1.54, 1.807) is 0 Å². The maximum absolute atomic E-state index is 11.4. The minimum absolute atomic E-state index is 0.317. The average Bonchev–Trinajstić information content (AvgIpc) is 2.58. The van der Waals surface area contributed by atoms with Crippen molar-refractivity contribution in [3.63, 3.8) is 0 Å². The Bertz CT molecular complexity index is 469. The van der Waals surface area contributed by atoms with Crippen LogP contribution >= 0.6 is 0 Å².